The second-order valence-corrected chi connectivity index (χ2v) is 5.43. The molecule has 2 N–H and O–H groups in total. The lowest BCUT2D eigenvalue weighted by Gasteiger charge is -2.01. The predicted molar refractivity (Wildman–Crippen MR) is 107 cm³/mol. The highest BCUT2D eigenvalue weighted by molar-refractivity contribution is 5.89. The Bertz CT molecular complexity index is 712. The number of nitrogens with zero attached hydrogens (tertiary/aromatic N) is 1. The van der Waals surface area contributed by atoms with Crippen LogP contribution in [0, 0.1) is 11.8 Å². The molecule has 0 saturated carbocycles. The third-order valence-electron chi connectivity index (χ3n) is 3.23. The van der Waals surface area contributed by atoms with Gasteiger partial charge < -0.3 is 19.8 Å². The number of aliphatic carboxylic acids is 2. The highest BCUT2D eigenvalue weighted by Gasteiger charge is 1.96. The first-order valence-electron chi connectivity index (χ1n) is 8.87. The number of ether oxygens (including phenoxy) is 1. The molecule has 0 radical (unpaired) electrons. The van der Waals surface area contributed by atoms with Gasteiger partial charge in [0.2, 0.25) is 0 Å². The van der Waals surface area contributed by atoms with Crippen LogP contribution < -0.4 is 4.74 Å². The first kappa shape index (κ1) is 24.7. The molecule has 0 spiro atoms. The highest BCUT2D eigenvalue weighted by Crippen LogP contribution is 2.11. The van der Waals surface area contributed by atoms with Crippen LogP contribution >= 0.6 is 0 Å². The van der Waals surface area contributed by atoms with Crippen molar-refractivity contribution in [1.82, 2.24) is 0 Å². The van der Waals surface area contributed by atoms with Gasteiger partial charge in [0.15, 0.2) is 6.61 Å². The molecule has 1 aromatic rings. The summed E-state index contributed by atoms with van der Waals surface area (Å²) in [5.74, 6) is 4.28. The highest BCUT2D eigenvalue weighted by atomic mass is 16.6. The number of hydrogen-bond donors (Lipinski definition) is 2. The first-order valence-corrected chi connectivity index (χ1v) is 8.87. The van der Waals surface area contributed by atoms with Crippen molar-refractivity contribution in [3.05, 3.63) is 42.0 Å². The fraction of sp³-hybridized carbons (Fsp3) is 0.381. The molecular weight excluding hydrogens is 362 g/mol. The number of unbranched alkanes of at least 4 members (excludes halogenated alkanes) is 1. The Labute approximate surface area is 165 Å². The van der Waals surface area contributed by atoms with Crippen LogP contribution in [-0.2, 0) is 14.4 Å². The monoisotopic (exact) mass is 389 g/mol. The average Bonchev–Trinajstić information content (AvgIpc) is 2.69. The Balaban J connectivity index is 0.000000769. The van der Waals surface area contributed by atoms with Crippen molar-refractivity contribution in [2.45, 2.75) is 39.5 Å². The minimum Gasteiger partial charge on any atom is -0.497 e. The summed E-state index contributed by atoms with van der Waals surface area (Å²) in [5.41, 5.74) is 2.02. The van der Waals surface area contributed by atoms with Crippen LogP contribution in [0.2, 0.25) is 0 Å². The predicted octanol–water partition coefficient (Wildman–Crippen LogP) is 3.73. The van der Waals surface area contributed by atoms with E-state index in [4.69, 9.17) is 19.8 Å². The number of oxime groups is 1. The summed E-state index contributed by atoms with van der Waals surface area (Å²) in [6.45, 7) is 4.58. The number of carboxylic acids is 2. The van der Waals surface area contributed by atoms with E-state index >= 15 is 0 Å². The summed E-state index contributed by atoms with van der Waals surface area (Å²) in [6, 6.07) is 7.65. The van der Waals surface area contributed by atoms with Crippen LogP contribution in [0.4, 0.5) is 0 Å². The van der Waals surface area contributed by atoms with Gasteiger partial charge in [-0.2, -0.15) is 0 Å². The van der Waals surface area contributed by atoms with Gasteiger partial charge in [0.05, 0.1) is 12.8 Å². The average molecular weight is 389 g/mol. The standard InChI is InChI=1S/C17H23NO2.C4H4O4/c1-4-6-11-16(5-2)18-20-13-8-10-15-9-7-12-17(14-15)19-3;5-3(6)1-2-4(7)8/h7,9,12,14H,4-6,11,13H2,1-3H3;1-2H,(H,5,6)(H,7,8)/b;2-1-. The van der Waals surface area contributed by atoms with E-state index in [0.717, 1.165) is 36.3 Å². The molecule has 28 heavy (non-hydrogen) atoms. The molecule has 0 bridgehead atoms. The molecule has 7 heteroatoms. The van der Waals surface area contributed by atoms with E-state index in [1.54, 1.807) is 7.11 Å². The second kappa shape index (κ2) is 15.9. The second-order valence-electron chi connectivity index (χ2n) is 5.43. The van der Waals surface area contributed by atoms with Gasteiger partial charge in [0, 0.05) is 17.7 Å². The maximum absolute atomic E-state index is 9.55. The summed E-state index contributed by atoms with van der Waals surface area (Å²) in [7, 11) is 1.65. The zero-order valence-corrected chi connectivity index (χ0v) is 16.5. The molecule has 0 amide bonds. The van der Waals surface area contributed by atoms with Crippen molar-refractivity contribution in [2.75, 3.05) is 13.7 Å². The van der Waals surface area contributed by atoms with Crippen molar-refractivity contribution in [3.8, 4) is 17.6 Å². The molecule has 0 aliphatic carbocycles. The summed E-state index contributed by atoms with van der Waals surface area (Å²) >= 11 is 0. The molecule has 0 saturated heterocycles. The van der Waals surface area contributed by atoms with E-state index in [2.05, 4.69) is 30.8 Å². The first-order chi connectivity index (χ1) is 13.4. The maximum Gasteiger partial charge on any atom is 0.328 e. The van der Waals surface area contributed by atoms with Gasteiger partial charge in [-0.3, -0.25) is 0 Å². The van der Waals surface area contributed by atoms with Crippen molar-refractivity contribution in [3.63, 3.8) is 0 Å². The van der Waals surface area contributed by atoms with Gasteiger partial charge in [-0.1, -0.05) is 43.3 Å². The molecule has 0 aliphatic heterocycles. The molecule has 0 aliphatic rings. The fourth-order valence-electron chi connectivity index (χ4n) is 1.81. The van der Waals surface area contributed by atoms with Gasteiger partial charge in [-0.25, -0.2) is 9.59 Å². The van der Waals surface area contributed by atoms with Crippen LogP contribution in [0.15, 0.2) is 41.6 Å². The third kappa shape index (κ3) is 14.0. The van der Waals surface area contributed by atoms with Crippen LogP contribution in [0.25, 0.3) is 0 Å². The number of benzene rings is 1. The number of methoxy groups -OCH3 is 1. The lowest BCUT2D eigenvalue weighted by Crippen LogP contribution is -1.98. The Kier molecular flexibility index (Phi) is 14.1. The molecule has 0 aromatic heterocycles. The van der Waals surface area contributed by atoms with Gasteiger partial charge in [0.25, 0.3) is 0 Å². The van der Waals surface area contributed by atoms with Crippen molar-refractivity contribution >= 4 is 17.7 Å². The Morgan fingerprint density at radius 2 is 1.86 bits per heavy atom. The van der Waals surface area contributed by atoms with E-state index in [9.17, 15) is 9.59 Å². The van der Waals surface area contributed by atoms with Crippen LogP contribution in [-0.4, -0.2) is 41.6 Å². The topological polar surface area (TPSA) is 105 Å². The largest absolute Gasteiger partial charge is 0.497 e. The van der Waals surface area contributed by atoms with Gasteiger partial charge in [0.1, 0.15) is 5.75 Å². The molecule has 1 aromatic carbocycles. The van der Waals surface area contributed by atoms with Crippen LogP contribution in [0.5, 0.6) is 5.75 Å². The van der Waals surface area contributed by atoms with Crippen molar-refractivity contribution in [1.29, 1.82) is 0 Å². The molecule has 7 nitrogen and oxygen atoms in total. The summed E-state index contributed by atoms with van der Waals surface area (Å²) < 4.78 is 5.14. The SMILES string of the molecule is CCCCC(CC)=NOCC#Cc1cccc(OC)c1.O=C(O)/C=C\C(=O)O. The number of carboxylic acid groups (broad SMARTS) is 2. The quantitative estimate of drug-likeness (QED) is 0.219. The molecular formula is C21H27NO6. The summed E-state index contributed by atoms with van der Waals surface area (Å²) in [5, 5.41) is 19.8. The Morgan fingerprint density at radius 1 is 1.18 bits per heavy atom. The van der Waals surface area contributed by atoms with Crippen molar-refractivity contribution < 1.29 is 29.4 Å². The summed E-state index contributed by atoms with van der Waals surface area (Å²) in [4.78, 5) is 24.4. The number of rotatable bonds is 9. The smallest absolute Gasteiger partial charge is 0.328 e. The molecule has 152 valence electrons. The van der Waals surface area contributed by atoms with Gasteiger partial charge in [-0.05, 0) is 37.5 Å². The normalized spacial score (nSPS) is 10.3. The zero-order valence-electron chi connectivity index (χ0n) is 16.5. The van der Waals surface area contributed by atoms with E-state index in [0.29, 0.717) is 18.8 Å². The van der Waals surface area contributed by atoms with E-state index in [1.165, 1.54) is 6.42 Å². The number of carbonyl (C=O) groups is 2. The van der Waals surface area contributed by atoms with Gasteiger partial charge >= 0.3 is 11.9 Å². The minimum atomic E-state index is -1.26. The fourth-order valence-corrected chi connectivity index (χ4v) is 1.81. The minimum absolute atomic E-state index is 0.312. The molecule has 1 rings (SSSR count). The van der Waals surface area contributed by atoms with Crippen molar-refractivity contribution in [2.24, 2.45) is 5.16 Å². The number of hydrogen-bond acceptors (Lipinski definition) is 5. The third-order valence-corrected chi connectivity index (χ3v) is 3.23. The molecule has 0 heterocycles. The van der Waals surface area contributed by atoms with E-state index in [-0.39, 0.29) is 0 Å². The van der Waals surface area contributed by atoms with Crippen LogP contribution in [0.1, 0.15) is 45.1 Å². The summed E-state index contributed by atoms with van der Waals surface area (Å²) in [6.07, 6.45) is 5.39. The lowest BCUT2D eigenvalue weighted by atomic mass is 10.1. The Hall–Kier alpha value is -3.27. The van der Waals surface area contributed by atoms with Gasteiger partial charge in [-0.15, -0.1) is 0 Å². The van der Waals surface area contributed by atoms with E-state index in [1.807, 2.05) is 24.3 Å². The van der Waals surface area contributed by atoms with Crippen LogP contribution in [0.3, 0.4) is 0 Å². The molecule has 0 unspecified atom stereocenters. The molecule has 0 fully saturated rings. The van der Waals surface area contributed by atoms with E-state index < -0.39 is 11.9 Å². The maximum atomic E-state index is 9.55. The zero-order chi connectivity index (χ0) is 21.2. The lowest BCUT2D eigenvalue weighted by molar-refractivity contribution is -0.134. The Morgan fingerprint density at radius 3 is 2.39 bits per heavy atom. The molecule has 0 atom stereocenters.